The molecular weight excluding hydrogens is 696 g/mol. The van der Waals surface area contributed by atoms with Gasteiger partial charge >= 0.3 is 12.2 Å². The standard InChI is InChI=1S/C13H15N3O2S.C11H15N3O2S.C6H13BrO2.CH4/c1-8(2)18-13(17)16-10-6-9(3)11(15-7-10)12-14-4-5-19-12;1-6(2)16-11(15)14-8-4-7(3)9(10(12)17)13-5-8;1-3-8-6(5-7)9-4-2;/h4-8H,1-3H3,(H,16,17);4-6H,1-3H3,(H2,12,17)(H,14,15);6H,3-5H2,1-2H3;1H4. The van der Waals surface area contributed by atoms with Crippen LogP contribution in [0.5, 0.6) is 0 Å². The van der Waals surface area contributed by atoms with E-state index >= 15 is 0 Å². The zero-order valence-electron chi connectivity index (χ0n) is 26.9. The van der Waals surface area contributed by atoms with Crippen LogP contribution >= 0.6 is 39.5 Å². The summed E-state index contributed by atoms with van der Waals surface area (Å²) >= 11 is 9.64. The van der Waals surface area contributed by atoms with Crippen molar-refractivity contribution in [2.75, 3.05) is 29.2 Å². The van der Waals surface area contributed by atoms with E-state index in [4.69, 9.17) is 36.9 Å². The van der Waals surface area contributed by atoms with Crippen molar-refractivity contribution in [1.29, 1.82) is 0 Å². The van der Waals surface area contributed by atoms with Crippen LogP contribution in [0.1, 0.15) is 65.8 Å². The lowest BCUT2D eigenvalue weighted by Gasteiger charge is -2.12. The van der Waals surface area contributed by atoms with E-state index in [1.54, 1.807) is 46.2 Å². The number of nitrogens with two attached hydrogens (primary N) is 1. The molecule has 256 valence electrons. The van der Waals surface area contributed by atoms with Gasteiger partial charge in [-0.3, -0.25) is 20.6 Å². The van der Waals surface area contributed by atoms with E-state index in [1.165, 1.54) is 17.5 Å². The van der Waals surface area contributed by atoms with Crippen LogP contribution in [-0.2, 0) is 18.9 Å². The van der Waals surface area contributed by atoms with E-state index in [-0.39, 0.29) is 30.9 Å². The van der Waals surface area contributed by atoms with Crippen molar-refractivity contribution < 1.29 is 28.5 Å². The molecule has 3 aromatic heterocycles. The molecule has 0 radical (unpaired) electrons. The summed E-state index contributed by atoms with van der Waals surface area (Å²) in [6.45, 7) is 16.2. The van der Waals surface area contributed by atoms with Gasteiger partial charge in [-0.25, -0.2) is 14.6 Å². The number of alkyl halides is 1. The predicted molar refractivity (Wildman–Crippen MR) is 193 cm³/mol. The Morgan fingerprint density at radius 3 is 1.78 bits per heavy atom. The fourth-order valence-electron chi connectivity index (χ4n) is 3.34. The third-order valence-electron chi connectivity index (χ3n) is 5.03. The van der Waals surface area contributed by atoms with Crippen molar-refractivity contribution in [1.82, 2.24) is 15.0 Å². The van der Waals surface area contributed by atoms with Gasteiger partial charge in [-0.2, -0.15) is 0 Å². The second-order valence-electron chi connectivity index (χ2n) is 9.63. The van der Waals surface area contributed by atoms with Gasteiger partial charge < -0.3 is 24.7 Å². The molecule has 3 heterocycles. The number of aromatic nitrogens is 3. The smallest absolute Gasteiger partial charge is 0.411 e. The quantitative estimate of drug-likeness (QED) is 0.0997. The van der Waals surface area contributed by atoms with Gasteiger partial charge in [0.1, 0.15) is 21.4 Å². The number of hydrogen-bond acceptors (Lipinski definition) is 11. The summed E-state index contributed by atoms with van der Waals surface area (Å²) in [7, 11) is 0. The molecule has 15 heteroatoms. The van der Waals surface area contributed by atoms with Gasteiger partial charge in [0.2, 0.25) is 0 Å². The average Bonchev–Trinajstić information content (AvgIpc) is 3.47. The predicted octanol–water partition coefficient (Wildman–Crippen LogP) is 7.87. The lowest BCUT2D eigenvalue weighted by atomic mass is 10.2. The fourth-order valence-corrected chi connectivity index (χ4v) is 4.63. The number of pyridine rings is 2. The first kappa shape index (κ1) is 42.8. The van der Waals surface area contributed by atoms with Gasteiger partial charge in [-0.15, -0.1) is 11.3 Å². The van der Waals surface area contributed by atoms with Crippen molar-refractivity contribution in [3.05, 3.63) is 52.9 Å². The molecule has 12 nitrogen and oxygen atoms in total. The lowest BCUT2D eigenvalue weighted by Crippen LogP contribution is -2.19. The maximum Gasteiger partial charge on any atom is 0.411 e. The zero-order valence-corrected chi connectivity index (χ0v) is 30.1. The van der Waals surface area contributed by atoms with Gasteiger partial charge in [0.25, 0.3) is 0 Å². The number of thiazole rings is 1. The minimum Gasteiger partial charge on any atom is -0.447 e. The van der Waals surface area contributed by atoms with E-state index < -0.39 is 12.2 Å². The van der Waals surface area contributed by atoms with Gasteiger partial charge in [0.05, 0.1) is 41.3 Å². The molecule has 4 N–H and O–H groups in total. The summed E-state index contributed by atoms with van der Waals surface area (Å²) in [5.41, 5.74) is 9.80. The highest BCUT2D eigenvalue weighted by atomic mass is 79.9. The first-order chi connectivity index (χ1) is 21.3. The number of aryl methyl sites for hydroxylation is 2. The van der Waals surface area contributed by atoms with E-state index in [2.05, 4.69) is 41.5 Å². The highest BCUT2D eigenvalue weighted by Gasteiger charge is 2.11. The SMILES string of the molecule is C.CCOC(CBr)OCC.Cc1cc(NC(=O)OC(C)C)cnc1-c1nccs1.Cc1cc(NC(=O)OC(C)C)cnc1C(N)=S. The lowest BCUT2D eigenvalue weighted by molar-refractivity contribution is -0.119. The van der Waals surface area contributed by atoms with Gasteiger partial charge in [0, 0.05) is 24.8 Å². The Bertz CT molecular complexity index is 1340. The van der Waals surface area contributed by atoms with Crippen LogP contribution in [-0.4, -0.2) is 69.2 Å². The number of hydrogen-bond donors (Lipinski definition) is 3. The zero-order chi connectivity index (χ0) is 33.9. The molecule has 2 amide bonds. The maximum atomic E-state index is 11.5. The first-order valence-electron chi connectivity index (χ1n) is 14.2. The highest BCUT2D eigenvalue weighted by molar-refractivity contribution is 9.09. The Morgan fingerprint density at radius 1 is 0.913 bits per heavy atom. The Labute approximate surface area is 290 Å². The normalized spacial score (nSPS) is 10.2. The summed E-state index contributed by atoms with van der Waals surface area (Å²) in [6.07, 6.45) is 3.47. The molecule has 0 unspecified atom stereocenters. The second-order valence-corrected chi connectivity index (χ2v) is 11.6. The second kappa shape index (κ2) is 23.1. The number of amides is 2. The van der Waals surface area contributed by atoms with E-state index in [0.717, 1.165) is 27.2 Å². The molecule has 3 aromatic rings. The summed E-state index contributed by atoms with van der Waals surface area (Å²) in [5, 5.41) is 8.74. The number of carbonyl (C=O) groups is 2. The number of thiocarbonyl (C=S) groups is 1. The molecule has 3 rings (SSSR count). The van der Waals surface area contributed by atoms with Crippen LogP contribution in [0.4, 0.5) is 21.0 Å². The number of nitrogens with zero attached hydrogens (tertiary/aromatic N) is 3. The molecule has 46 heavy (non-hydrogen) atoms. The Balaban J connectivity index is 0.000000694. The van der Waals surface area contributed by atoms with Gasteiger partial charge in [-0.1, -0.05) is 35.6 Å². The molecule has 0 saturated carbocycles. The van der Waals surface area contributed by atoms with Crippen LogP contribution in [0.3, 0.4) is 0 Å². The topological polar surface area (TPSA) is 160 Å². The molecule has 0 bridgehead atoms. The van der Waals surface area contributed by atoms with E-state index in [0.29, 0.717) is 30.3 Å². The molecule has 0 aliphatic carbocycles. The Morgan fingerprint density at radius 2 is 1.41 bits per heavy atom. The summed E-state index contributed by atoms with van der Waals surface area (Å²) in [5.74, 6) is 0. The molecule has 0 saturated heterocycles. The van der Waals surface area contributed by atoms with Crippen molar-refractivity contribution in [2.24, 2.45) is 5.73 Å². The molecule has 0 atom stereocenters. The minimum absolute atomic E-state index is 0. The number of halogens is 1. The number of anilines is 2. The van der Waals surface area contributed by atoms with Crippen LogP contribution in [0.15, 0.2) is 36.1 Å². The molecule has 0 aromatic carbocycles. The van der Waals surface area contributed by atoms with Crippen LogP contribution < -0.4 is 16.4 Å². The van der Waals surface area contributed by atoms with Crippen LogP contribution in [0.2, 0.25) is 0 Å². The number of rotatable bonds is 11. The fraction of sp³-hybridized carbons (Fsp3) is 0.484. The molecule has 0 aliphatic rings. The largest absolute Gasteiger partial charge is 0.447 e. The van der Waals surface area contributed by atoms with Crippen molar-refractivity contribution >= 4 is 68.0 Å². The summed E-state index contributed by atoms with van der Waals surface area (Å²) < 4.78 is 20.3. The van der Waals surface area contributed by atoms with Gasteiger partial charge in [0.15, 0.2) is 6.29 Å². The number of ether oxygens (including phenoxy) is 4. The Hall–Kier alpha value is -3.24. The molecule has 0 spiro atoms. The van der Waals surface area contributed by atoms with E-state index in [9.17, 15) is 9.59 Å². The summed E-state index contributed by atoms with van der Waals surface area (Å²) in [4.78, 5) is 35.7. The van der Waals surface area contributed by atoms with Crippen LogP contribution in [0.25, 0.3) is 10.7 Å². The number of nitrogens with one attached hydrogen (secondary N) is 2. The molecule has 0 fully saturated rings. The van der Waals surface area contributed by atoms with Crippen molar-refractivity contribution in [2.45, 2.75) is 81.3 Å². The highest BCUT2D eigenvalue weighted by Crippen LogP contribution is 2.25. The Kier molecular flexibility index (Phi) is 21.5. The number of carbonyl (C=O) groups excluding carboxylic acids is 2. The monoisotopic (exact) mass is 742 g/mol. The maximum absolute atomic E-state index is 11.5. The third-order valence-corrected chi connectivity index (χ3v) is 6.54. The van der Waals surface area contributed by atoms with E-state index in [1.807, 2.05) is 39.1 Å². The molecule has 0 aliphatic heterocycles. The first-order valence-corrected chi connectivity index (χ1v) is 16.6. The summed E-state index contributed by atoms with van der Waals surface area (Å²) in [6, 6.07) is 3.59. The minimum atomic E-state index is -0.510. The van der Waals surface area contributed by atoms with Crippen molar-refractivity contribution in [3.8, 4) is 10.7 Å². The van der Waals surface area contributed by atoms with Gasteiger partial charge in [-0.05, 0) is 78.6 Å². The van der Waals surface area contributed by atoms with Crippen LogP contribution in [0, 0.1) is 13.8 Å². The molecular formula is C31H47BrN6O6S2. The average molecular weight is 744 g/mol. The van der Waals surface area contributed by atoms with Crippen molar-refractivity contribution in [3.63, 3.8) is 0 Å². The third kappa shape index (κ3) is 16.9.